The van der Waals surface area contributed by atoms with Crippen molar-refractivity contribution < 1.29 is 31.4 Å². The zero-order chi connectivity index (χ0) is 16.1. The number of ether oxygens (including phenoxy) is 1. The first-order chi connectivity index (χ1) is 10.2. The van der Waals surface area contributed by atoms with Crippen molar-refractivity contribution in [1.82, 2.24) is 0 Å². The Morgan fingerprint density at radius 2 is 1.82 bits per heavy atom. The predicted octanol–water partition coefficient (Wildman–Crippen LogP) is 2.35. The van der Waals surface area contributed by atoms with Crippen molar-refractivity contribution in [3.05, 3.63) is 29.6 Å². The van der Waals surface area contributed by atoms with E-state index in [9.17, 15) is 26.7 Å². The van der Waals surface area contributed by atoms with Gasteiger partial charge in [-0.2, -0.15) is 8.78 Å². The molecule has 8 heteroatoms. The smallest absolute Gasteiger partial charge is 0.387 e. The largest absolute Gasteiger partial charge is 0.434 e. The SMILES string of the molecule is O=S1(=O)C2CCC1CC(O)(c1ccc(F)cc1OC(F)F)C2. The third-order valence-corrected chi connectivity index (χ3v) is 7.19. The molecule has 4 nitrogen and oxygen atoms in total. The Hall–Kier alpha value is -1.28. The Balaban J connectivity index is 2.01. The molecule has 2 heterocycles. The fourth-order valence-electron chi connectivity index (χ4n) is 3.54. The monoisotopic (exact) mass is 336 g/mol. The minimum atomic E-state index is -3.28. The Labute approximate surface area is 125 Å². The third-order valence-electron chi connectivity index (χ3n) is 4.53. The number of aliphatic hydroxyl groups is 1. The molecule has 0 aliphatic carbocycles. The summed E-state index contributed by atoms with van der Waals surface area (Å²) in [4.78, 5) is 0. The van der Waals surface area contributed by atoms with Gasteiger partial charge in [0.1, 0.15) is 11.6 Å². The first kappa shape index (κ1) is 15.6. The average Bonchev–Trinajstić information content (AvgIpc) is 2.59. The van der Waals surface area contributed by atoms with Gasteiger partial charge in [0.25, 0.3) is 0 Å². The molecule has 2 atom stereocenters. The van der Waals surface area contributed by atoms with Crippen LogP contribution in [0, 0.1) is 5.82 Å². The topological polar surface area (TPSA) is 63.6 Å². The summed E-state index contributed by atoms with van der Waals surface area (Å²) in [5.74, 6) is -1.22. The third kappa shape index (κ3) is 2.48. The summed E-state index contributed by atoms with van der Waals surface area (Å²) in [6.07, 6.45) is 0.719. The summed E-state index contributed by atoms with van der Waals surface area (Å²) in [6.45, 7) is -3.16. The van der Waals surface area contributed by atoms with E-state index >= 15 is 0 Å². The van der Waals surface area contributed by atoms with Gasteiger partial charge in [-0.25, -0.2) is 12.8 Å². The maximum absolute atomic E-state index is 13.3. The average molecular weight is 336 g/mol. The highest BCUT2D eigenvalue weighted by atomic mass is 32.2. The van der Waals surface area contributed by atoms with Gasteiger partial charge in [-0.3, -0.25) is 0 Å². The Kier molecular flexibility index (Phi) is 3.64. The molecule has 1 aromatic rings. The summed E-state index contributed by atoms with van der Waals surface area (Å²) in [5.41, 5.74) is -1.59. The zero-order valence-corrected chi connectivity index (χ0v) is 12.3. The normalized spacial score (nSPS) is 33.1. The van der Waals surface area contributed by atoms with E-state index in [-0.39, 0.29) is 18.4 Å². The summed E-state index contributed by atoms with van der Waals surface area (Å²) < 4.78 is 66.7. The number of hydrogen-bond donors (Lipinski definition) is 1. The summed E-state index contributed by atoms with van der Waals surface area (Å²) >= 11 is 0. The molecule has 0 aromatic heterocycles. The maximum atomic E-state index is 13.3. The summed E-state index contributed by atoms with van der Waals surface area (Å²) in [6, 6.07) is 3.01. The van der Waals surface area contributed by atoms with Gasteiger partial charge >= 0.3 is 6.61 Å². The summed E-state index contributed by atoms with van der Waals surface area (Å²) in [5, 5.41) is 9.44. The quantitative estimate of drug-likeness (QED) is 0.920. The van der Waals surface area contributed by atoms with Gasteiger partial charge in [0.05, 0.1) is 16.1 Å². The van der Waals surface area contributed by atoms with Crippen LogP contribution in [0.25, 0.3) is 0 Å². The Bertz CT molecular complexity index is 669. The van der Waals surface area contributed by atoms with Crippen molar-refractivity contribution in [1.29, 1.82) is 0 Å². The van der Waals surface area contributed by atoms with Crippen LogP contribution in [-0.2, 0) is 15.4 Å². The van der Waals surface area contributed by atoms with Gasteiger partial charge in [-0.15, -0.1) is 0 Å². The molecule has 0 radical (unpaired) electrons. The molecule has 1 N–H and O–H groups in total. The molecule has 0 saturated carbocycles. The molecule has 0 spiro atoms. The van der Waals surface area contributed by atoms with E-state index < -0.39 is 44.1 Å². The van der Waals surface area contributed by atoms with Crippen molar-refractivity contribution >= 4 is 9.84 Å². The number of benzene rings is 1. The number of rotatable bonds is 3. The molecule has 1 aromatic carbocycles. The van der Waals surface area contributed by atoms with Crippen LogP contribution >= 0.6 is 0 Å². The van der Waals surface area contributed by atoms with E-state index in [1.807, 2.05) is 0 Å². The Morgan fingerprint density at radius 1 is 1.23 bits per heavy atom. The minimum absolute atomic E-state index is 0.0148. The van der Waals surface area contributed by atoms with E-state index in [4.69, 9.17) is 0 Å². The van der Waals surface area contributed by atoms with E-state index in [0.717, 1.165) is 12.1 Å². The molecule has 2 bridgehead atoms. The van der Waals surface area contributed by atoms with Crippen LogP contribution in [0.2, 0.25) is 0 Å². The van der Waals surface area contributed by atoms with Crippen LogP contribution in [0.4, 0.5) is 13.2 Å². The molecule has 0 amide bonds. The van der Waals surface area contributed by atoms with Gasteiger partial charge in [0.2, 0.25) is 0 Å². The van der Waals surface area contributed by atoms with Crippen LogP contribution in [0.5, 0.6) is 5.75 Å². The van der Waals surface area contributed by atoms with Crippen molar-refractivity contribution in [3.63, 3.8) is 0 Å². The fraction of sp³-hybridized carbons (Fsp3) is 0.571. The lowest BCUT2D eigenvalue weighted by Gasteiger charge is -2.37. The van der Waals surface area contributed by atoms with E-state index in [0.29, 0.717) is 12.8 Å². The second-order valence-corrected chi connectivity index (χ2v) is 8.38. The lowest BCUT2D eigenvalue weighted by molar-refractivity contribution is -0.0559. The van der Waals surface area contributed by atoms with Crippen molar-refractivity contribution in [2.24, 2.45) is 0 Å². The zero-order valence-electron chi connectivity index (χ0n) is 11.5. The van der Waals surface area contributed by atoms with Gasteiger partial charge in [0.15, 0.2) is 9.84 Å². The predicted molar refractivity (Wildman–Crippen MR) is 71.9 cm³/mol. The van der Waals surface area contributed by atoms with Gasteiger partial charge in [-0.1, -0.05) is 0 Å². The van der Waals surface area contributed by atoms with Crippen LogP contribution in [0.3, 0.4) is 0 Å². The maximum Gasteiger partial charge on any atom is 0.387 e. The van der Waals surface area contributed by atoms with E-state index in [1.165, 1.54) is 6.07 Å². The van der Waals surface area contributed by atoms with Crippen LogP contribution in [0.15, 0.2) is 18.2 Å². The standard InChI is InChI=1S/C14H15F3O4S/c15-8-1-4-11(12(5-8)21-13(16)17)14(18)6-9-2-3-10(7-14)22(9,19)20/h1,4-5,9-10,13,18H,2-3,6-7H2. The molecular weight excluding hydrogens is 321 g/mol. The van der Waals surface area contributed by atoms with Crippen LogP contribution < -0.4 is 4.74 Å². The molecule has 2 saturated heterocycles. The Morgan fingerprint density at radius 3 is 2.36 bits per heavy atom. The van der Waals surface area contributed by atoms with Gasteiger partial charge < -0.3 is 9.84 Å². The second kappa shape index (κ2) is 5.13. The number of sulfone groups is 1. The highest BCUT2D eigenvalue weighted by molar-refractivity contribution is 7.93. The first-order valence-electron chi connectivity index (χ1n) is 6.92. The number of alkyl halides is 2. The van der Waals surface area contributed by atoms with E-state index in [1.54, 1.807) is 0 Å². The lowest BCUT2D eigenvalue weighted by atomic mass is 9.85. The van der Waals surface area contributed by atoms with Crippen LogP contribution in [0.1, 0.15) is 31.2 Å². The number of hydrogen-bond acceptors (Lipinski definition) is 4. The molecular formula is C14H15F3O4S. The highest BCUT2D eigenvalue weighted by Crippen LogP contribution is 2.49. The summed E-state index contributed by atoms with van der Waals surface area (Å²) in [7, 11) is -3.28. The second-order valence-electron chi connectivity index (χ2n) is 5.87. The van der Waals surface area contributed by atoms with Crippen molar-refractivity contribution in [2.45, 2.75) is 48.4 Å². The molecule has 2 aliphatic rings. The first-order valence-corrected chi connectivity index (χ1v) is 8.53. The lowest BCUT2D eigenvalue weighted by Crippen LogP contribution is -2.43. The van der Waals surface area contributed by atoms with Crippen LogP contribution in [-0.4, -0.2) is 30.6 Å². The number of fused-ring (bicyclic) bond motifs is 2. The van der Waals surface area contributed by atoms with Gasteiger partial charge in [-0.05, 0) is 37.8 Å². The van der Waals surface area contributed by atoms with Crippen molar-refractivity contribution in [3.8, 4) is 5.75 Å². The number of halogens is 3. The molecule has 2 fully saturated rings. The molecule has 2 aliphatic heterocycles. The van der Waals surface area contributed by atoms with Crippen molar-refractivity contribution in [2.75, 3.05) is 0 Å². The van der Waals surface area contributed by atoms with E-state index in [2.05, 4.69) is 4.74 Å². The fourth-order valence-corrected chi connectivity index (χ4v) is 6.03. The van der Waals surface area contributed by atoms with Gasteiger partial charge in [0, 0.05) is 11.6 Å². The molecule has 3 rings (SSSR count). The minimum Gasteiger partial charge on any atom is -0.434 e. The molecule has 2 unspecified atom stereocenters. The molecule has 22 heavy (non-hydrogen) atoms. The highest BCUT2D eigenvalue weighted by Gasteiger charge is 2.53. The molecule has 122 valence electrons.